The smallest absolute Gasteiger partial charge is 0.312 e. The second-order valence-electron chi connectivity index (χ2n) is 3.60. The van der Waals surface area contributed by atoms with E-state index in [1.54, 1.807) is 0 Å². The largest absolute Gasteiger partial charge is 0.461 e. The van der Waals surface area contributed by atoms with Crippen LogP contribution in [0, 0.1) is 5.41 Å². The molecule has 0 aromatic rings. The first-order chi connectivity index (χ1) is 5.27. The molecule has 0 radical (unpaired) electrons. The van der Waals surface area contributed by atoms with Crippen molar-refractivity contribution < 1.29 is 9.53 Å². The number of hydrogen-bond donors (Lipinski definition) is 1. The summed E-state index contributed by atoms with van der Waals surface area (Å²) in [4.78, 5) is 11.3. The molecule has 1 atom stereocenters. The maximum atomic E-state index is 11.3. The Balaban J connectivity index is 0.000000720. The highest BCUT2D eigenvalue weighted by Crippen LogP contribution is 2.49. The lowest BCUT2D eigenvalue weighted by Crippen LogP contribution is -2.33. The Morgan fingerprint density at radius 1 is 1.58 bits per heavy atom. The van der Waals surface area contributed by atoms with Crippen LogP contribution in [0.15, 0.2) is 0 Å². The van der Waals surface area contributed by atoms with Crippen LogP contribution in [0.1, 0.15) is 25.7 Å². The van der Waals surface area contributed by atoms with Crippen LogP contribution in [-0.2, 0) is 9.53 Å². The summed E-state index contributed by atoms with van der Waals surface area (Å²) in [7, 11) is 0. The highest BCUT2D eigenvalue weighted by molar-refractivity contribution is 5.85. The Labute approximate surface area is 78.1 Å². The Bertz CT molecular complexity index is 191. The lowest BCUT2D eigenvalue weighted by atomic mass is 9.67. The molecule has 0 bridgehead atoms. The van der Waals surface area contributed by atoms with Crippen LogP contribution in [0.5, 0.6) is 0 Å². The van der Waals surface area contributed by atoms with Crippen LogP contribution >= 0.6 is 12.4 Å². The molecule has 12 heavy (non-hydrogen) atoms. The van der Waals surface area contributed by atoms with E-state index < -0.39 is 0 Å². The highest BCUT2D eigenvalue weighted by Gasteiger charge is 2.52. The number of carbonyl (C=O) groups excluding carboxylic acids is 1. The molecular formula is C8H14ClNO2. The lowest BCUT2D eigenvalue weighted by molar-refractivity contribution is -0.152. The monoisotopic (exact) mass is 191 g/mol. The van der Waals surface area contributed by atoms with E-state index in [1.165, 1.54) is 6.42 Å². The molecule has 0 aromatic heterocycles. The molecule has 1 spiro atoms. The summed E-state index contributed by atoms with van der Waals surface area (Å²) in [6, 6.07) is 0. The van der Waals surface area contributed by atoms with Crippen molar-refractivity contribution in [3.8, 4) is 0 Å². The normalized spacial score (nSPS) is 30.8. The highest BCUT2D eigenvalue weighted by atomic mass is 35.5. The molecule has 1 saturated carbocycles. The molecular weight excluding hydrogens is 178 g/mol. The standard InChI is InChI=1S/C8H13NO2.ClH/c9-5-6-4-8(2-1-3-8)7(10)11-6;/h6H,1-5,9H2;1H. The number of esters is 1. The van der Waals surface area contributed by atoms with E-state index in [2.05, 4.69) is 0 Å². The molecule has 2 rings (SSSR count). The topological polar surface area (TPSA) is 52.3 Å². The molecule has 1 aliphatic heterocycles. The molecule has 0 aromatic carbocycles. The summed E-state index contributed by atoms with van der Waals surface area (Å²) in [6.45, 7) is 0.480. The molecule has 1 aliphatic carbocycles. The zero-order valence-electron chi connectivity index (χ0n) is 6.91. The molecule has 3 nitrogen and oxygen atoms in total. The predicted molar refractivity (Wildman–Crippen MR) is 47.1 cm³/mol. The Hall–Kier alpha value is -0.280. The minimum Gasteiger partial charge on any atom is -0.461 e. The fourth-order valence-electron chi connectivity index (χ4n) is 1.98. The van der Waals surface area contributed by atoms with Crippen LogP contribution in [0.3, 0.4) is 0 Å². The maximum Gasteiger partial charge on any atom is 0.312 e. The average Bonchev–Trinajstić information content (AvgIpc) is 2.25. The van der Waals surface area contributed by atoms with Crippen molar-refractivity contribution in [3.63, 3.8) is 0 Å². The van der Waals surface area contributed by atoms with Gasteiger partial charge in [0.05, 0.1) is 5.41 Å². The number of ether oxygens (including phenoxy) is 1. The number of carbonyl (C=O) groups is 1. The minimum atomic E-state index is -0.0932. The van der Waals surface area contributed by atoms with Gasteiger partial charge in [-0.2, -0.15) is 0 Å². The van der Waals surface area contributed by atoms with Gasteiger partial charge in [0.1, 0.15) is 6.10 Å². The second kappa shape index (κ2) is 3.23. The van der Waals surface area contributed by atoms with Gasteiger partial charge in [0.2, 0.25) is 0 Å². The van der Waals surface area contributed by atoms with Crippen molar-refractivity contribution in [1.29, 1.82) is 0 Å². The predicted octanol–water partition coefficient (Wildman–Crippen LogP) is 0.853. The van der Waals surface area contributed by atoms with Crippen molar-refractivity contribution in [1.82, 2.24) is 0 Å². The third kappa shape index (κ3) is 1.21. The van der Waals surface area contributed by atoms with E-state index in [-0.39, 0.29) is 29.9 Å². The molecule has 1 saturated heterocycles. The first kappa shape index (κ1) is 9.81. The molecule has 2 fully saturated rings. The number of rotatable bonds is 1. The van der Waals surface area contributed by atoms with Gasteiger partial charge < -0.3 is 10.5 Å². The van der Waals surface area contributed by atoms with E-state index in [9.17, 15) is 4.79 Å². The van der Waals surface area contributed by atoms with Crippen molar-refractivity contribution in [2.24, 2.45) is 11.1 Å². The van der Waals surface area contributed by atoms with E-state index in [0.29, 0.717) is 6.54 Å². The van der Waals surface area contributed by atoms with Crippen molar-refractivity contribution in [2.75, 3.05) is 6.54 Å². The maximum absolute atomic E-state index is 11.3. The van der Waals surface area contributed by atoms with Gasteiger partial charge in [-0.15, -0.1) is 12.4 Å². The molecule has 1 heterocycles. The third-order valence-corrected chi connectivity index (χ3v) is 2.90. The Kier molecular flexibility index (Phi) is 2.64. The van der Waals surface area contributed by atoms with E-state index in [0.717, 1.165) is 19.3 Å². The van der Waals surface area contributed by atoms with Gasteiger partial charge in [-0.3, -0.25) is 4.79 Å². The van der Waals surface area contributed by atoms with Gasteiger partial charge in [-0.1, -0.05) is 6.42 Å². The van der Waals surface area contributed by atoms with Gasteiger partial charge in [0.15, 0.2) is 0 Å². The zero-order valence-corrected chi connectivity index (χ0v) is 7.73. The number of halogens is 1. The second-order valence-corrected chi connectivity index (χ2v) is 3.60. The van der Waals surface area contributed by atoms with Crippen LogP contribution in [0.4, 0.5) is 0 Å². The van der Waals surface area contributed by atoms with E-state index in [1.807, 2.05) is 0 Å². The molecule has 2 aliphatic rings. The van der Waals surface area contributed by atoms with Gasteiger partial charge in [0, 0.05) is 13.0 Å². The van der Waals surface area contributed by atoms with Crippen LogP contribution in [0.25, 0.3) is 0 Å². The Morgan fingerprint density at radius 2 is 2.25 bits per heavy atom. The number of hydrogen-bond acceptors (Lipinski definition) is 3. The molecule has 2 N–H and O–H groups in total. The van der Waals surface area contributed by atoms with Crippen molar-refractivity contribution in [3.05, 3.63) is 0 Å². The minimum absolute atomic E-state index is 0. The van der Waals surface area contributed by atoms with Crippen LogP contribution < -0.4 is 5.73 Å². The first-order valence-electron chi connectivity index (χ1n) is 4.18. The first-order valence-corrected chi connectivity index (χ1v) is 4.18. The summed E-state index contributed by atoms with van der Waals surface area (Å²) in [6.07, 6.45) is 4.07. The number of nitrogens with two attached hydrogens (primary N) is 1. The SMILES string of the molecule is Cl.NCC1CC2(CCC2)C(=O)O1. The van der Waals surface area contributed by atoms with Crippen LogP contribution in [-0.4, -0.2) is 18.6 Å². The number of cyclic esters (lactones) is 1. The molecule has 0 amide bonds. The molecule has 70 valence electrons. The zero-order chi connectivity index (χ0) is 7.90. The van der Waals surface area contributed by atoms with Gasteiger partial charge >= 0.3 is 5.97 Å². The van der Waals surface area contributed by atoms with Gasteiger partial charge in [-0.25, -0.2) is 0 Å². The summed E-state index contributed by atoms with van der Waals surface area (Å²) in [5, 5.41) is 0. The van der Waals surface area contributed by atoms with Gasteiger partial charge in [-0.05, 0) is 12.8 Å². The van der Waals surface area contributed by atoms with Gasteiger partial charge in [0.25, 0.3) is 0 Å². The summed E-state index contributed by atoms with van der Waals surface area (Å²) in [5.41, 5.74) is 5.33. The molecule has 1 unspecified atom stereocenters. The fourth-order valence-corrected chi connectivity index (χ4v) is 1.98. The lowest BCUT2D eigenvalue weighted by Gasteiger charge is -2.33. The third-order valence-electron chi connectivity index (χ3n) is 2.90. The van der Waals surface area contributed by atoms with E-state index >= 15 is 0 Å². The van der Waals surface area contributed by atoms with Crippen LogP contribution in [0.2, 0.25) is 0 Å². The van der Waals surface area contributed by atoms with Crippen molar-refractivity contribution >= 4 is 18.4 Å². The quantitative estimate of drug-likeness (QED) is 0.626. The summed E-state index contributed by atoms with van der Waals surface area (Å²) >= 11 is 0. The summed E-state index contributed by atoms with van der Waals surface area (Å²) < 4.78 is 5.10. The van der Waals surface area contributed by atoms with Crippen molar-refractivity contribution in [2.45, 2.75) is 31.8 Å². The Morgan fingerprint density at radius 3 is 2.50 bits per heavy atom. The van der Waals surface area contributed by atoms with E-state index in [4.69, 9.17) is 10.5 Å². The fraction of sp³-hybridized carbons (Fsp3) is 0.875. The average molecular weight is 192 g/mol. The summed E-state index contributed by atoms with van der Waals surface area (Å²) in [5.74, 6) is -0.000741. The molecule has 4 heteroatoms.